The SMILES string of the molecule is CCCC(=O)Nc1cccc(NC(=S)NC(=O)/C=C/c2ccc(Cl)cc2Cl)c1. The zero-order valence-corrected chi connectivity index (χ0v) is 17.4. The molecule has 0 radical (unpaired) electrons. The first-order valence-electron chi connectivity index (χ1n) is 8.52. The molecule has 0 unspecified atom stereocenters. The molecule has 0 saturated carbocycles. The van der Waals surface area contributed by atoms with Crippen molar-refractivity contribution in [1.29, 1.82) is 0 Å². The van der Waals surface area contributed by atoms with Crippen LogP contribution >= 0.6 is 35.4 Å². The molecule has 0 fully saturated rings. The van der Waals surface area contributed by atoms with Gasteiger partial charge < -0.3 is 10.6 Å². The summed E-state index contributed by atoms with van der Waals surface area (Å²) in [6.07, 6.45) is 4.12. The minimum atomic E-state index is -0.407. The van der Waals surface area contributed by atoms with Crippen LogP contribution in [0.4, 0.5) is 11.4 Å². The van der Waals surface area contributed by atoms with Gasteiger partial charge in [-0.05, 0) is 60.6 Å². The Morgan fingerprint density at radius 1 is 1.07 bits per heavy atom. The van der Waals surface area contributed by atoms with E-state index in [-0.39, 0.29) is 11.0 Å². The lowest BCUT2D eigenvalue weighted by Crippen LogP contribution is -2.32. The minimum Gasteiger partial charge on any atom is -0.332 e. The summed E-state index contributed by atoms with van der Waals surface area (Å²) in [6.45, 7) is 1.94. The largest absolute Gasteiger partial charge is 0.332 e. The van der Waals surface area contributed by atoms with E-state index in [2.05, 4.69) is 16.0 Å². The molecular weight excluding hydrogens is 417 g/mol. The van der Waals surface area contributed by atoms with E-state index in [0.717, 1.165) is 6.42 Å². The first kappa shape index (κ1) is 21.9. The fourth-order valence-electron chi connectivity index (χ4n) is 2.24. The number of rotatable bonds is 6. The van der Waals surface area contributed by atoms with Crippen molar-refractivity contribution >= 4 is 69.8 Å². The third kappa shape index (κ3) is 7.31. The van der Waals surface area contributed by atoms with Gasteiger partial charge >= 0.3 is 0 Å². The predicted molar refractivity (Wildman–Crippen MR) is 120 cm³/mol. The number of hydrogen-bond acceptors (Lipinski definition) is 3. The summed E-state index contributed by atoms with van der Waals surface area (Å²) in [7, 11) is 0. The molecule has 8 heteroatoms. The second-order valence-corrected chi connectivity index (χ2v) is 7.07. The lowest BCUT2D eigenvalue weighted by Gasteiger charge is -2.10. The molecule has 2 aromatic carbocycles. The van der Waals surface area contributed by atoms with E-state index in [0.29, 0.717) is 33.4 Å². The molecule has 2 amide bonds. The summed E-state index contributed by atoms with van der Waals surface area (Å²) in [6, 6.07) is 12.0. The normalized spacial score (nSPS) is 10.5. The van der Waals surface area contributed by atoms with Crippen LogP contribution in [0.1, 0.15) is 25.3 Å². The number of anilines is 2. The lowest BCUT2D eigenvalue weighted by molar-refractivity contribution is -0.116. The van der Waals surface area contributed by atoms with Crippen LogP contribution in [0.2, 0.25) is 10.0 Å². The van der Waals surface area contributed by atoms with Gasteiger partial charge in [-0.15, -0.1) is 0 Å². The quantitative estimate of drug-likeness (QED) is 0.427. The van der Waals surface area contributed by atoms with Gasteiger partial charge in [0.15, 0.2) is 5.11 Å². The van der Waals surface area contributed by atoms with Crippen LogP contribution in [0.15, 0.2) is 48.5 Å². The second kappa shape index (κ2) is 10.8. The average molecular weight is 436 g/mol. The van der Waals surface area contributed by atoms with Crippen LogP contribution in [-0.4, -0.2) is 16.9 Å². The summed E-state index contributed by atoms with van der Waals surface area (Å²) in [5.41, 5.74) is 1.95. The van der Waals surface area contributed by atoms with Gasteiger partial charge in [0.2, 0.25) is 11.8 Å². The van der Waals surface area contributed by atoms with E-state index in [1.165, 1.54) is 6.08 Å². The number of hydrogen-bond donors (Lipinski definition) is 3. The Kier molecular flexibility index (Phi) is 8.44. The molecule has 2 rings (SSSR count). The molecule has 2 aromatic rings. The van der Waals surface area contributed by atoms with Crippen molar-refractivity contribution in [2.24, 2.45) is 0 Å². The van der Waals surface area contributed by atoms with Crippen molar-refractivity contribution in [3.63, 3.8) is 0 Å². The molecule has 0 aromatic heterocycles. The van der Waals surface area contributed by atoms with Crippen LogP contribution in [0.3, 0.4) is 0 Å². The van der Waals surface area contributed by atoms with Gasteiger partial charge in [-0.2, -0.15) is 0 Å². The summed E-state index contributed by atoms with van der Waals surface area (Å²) in [5, 5.41) is 9.35. The predicted octanol–water partition coefficient (Wildman–Crippen LogP) is 5.26. The van der Waals surface area contributed by atoms with Gasteiger partial charge in [-0.3, -0.25) is 14.9 Å². The molecule has 0 saturated heterocycles. The van der Waals surface area contributed by atoms with Crippen LogP contribution < -0.4 is 16.0 Å². The van der Waals surface area contributed by atoms with Gasteiger partial charge in [0.25, 0.3) is 0 Å². The van der Waals surface area contributed by atoms with Crippen molar-refractivity contribution in [3.8, 4) is 0 Å². The van der Waals surface area contributed by atoms with Gasteiger partial charge in [0.05, 0.1) is 0 Å². The minimum absolute atomic E-state index is 0.0541. The van der Waals surface area contributed by atoms with E-state index in [1.54, 1.807) is 48.5 Å². The Morgan fingerprint density at radius 3 is 2.46 bits per heavy atom. The summed E-state index contributed by atoms with van der Waals surface area (Å²) in [5.74, 6) is -0.461. The molecule has 0 aliphatic carbocycles. The van der Waals surface area contributed by atoms with Gasteiger partial charge in [0.1, 0.15) is 0 Å². The topological polar surface area (TPSA) is 70.2 Å². The van der Waals surface area contributed by atoms with Gasteiger partial charge in [0, 0.05) is 33.9 Å². The molecule has 0 aliphatic heterocycles. The first-order chi connectivity index (χ1) is 13.4. The maximum absolute atomic E-state index is 12.0. The highest BCUT2D eigenvalue weighted by Crippen LogP contribution is 2.22. The fourth-order valence-corrected chi connectivity index (χ4v) is 2.93. The Balaban J connectivity index is 1.91. The number of halogens is 2. The zero-order valence-electron chi connectivity index (χ0n) is 15.1. The van der Waals surface area contributed by atoms with Crippen LogP contribution in [0.25, 0.3) is 6.08 Å². The van der Waals surface area contributed by atoms with Crippen molar-refractivity contribution in [2.75, 3.05) is 10.6 Å². The Labute approximate surface area is 179 Å². The van der Waals surface area contributed by atoms with E-state index in [9.17, 15) is 9.59 Å². The Hall–Kier alpha value is -2.41. The molecule has 0 aliphatic rings. The van der Waals surface area contributed by atoms with Crippen molar-refractivity contribution in [2.45, 2.75) is 19.8 Å². The lowest BCUT2D eigenvalue weighted by atomic mass is 10.2. The number of carbonyl (C=O) groups excluding carboxylic acids is 2. The third-order valence-electron chi connectivity index (χ3n) is 3.49. The number of amides is 2. The van der Waals surface area contributed by atoms with E-state index in [4.69, 9.17) is 35.4 Å². The zero-order chi connectivity index (χ0) is 20.5. The Morgan fingerprint density at radius 2 is 1.79 bits per heavy atom. The molecule has 0 bridgehead atoms. The molecule has 0 atom stereocenters. The van der Waals surface area contributed by atoms with Crippen LogP contribution in [0.5, 0.6) is 0 Å². The monoisotopic (exact) mass is 435 g/mol. The van der Waals surface area contributed by atoms with Crippen molar-refractivity contribution in [3.05, 3.63) is 64.1 Å². The molecule has 5 nitrogen and oxygen atoms in total. The molecule has 0 spiro atoms. The highest BCUT2D eigenvalue weighted by molar-refractivity contribution is 7.80. The highest BCUT2D eigenvalue weighted by Gasteiger charge is 2.05. The average Bonchev–Trinajstić information content (AvgIpc) is 2.61. The molecular formula is C20H19Cl2N3O2S. The van der Waals surface area contributed by atoms with E-state index < -0.39 is 5.91 Å². The van der Waals surface area contributed by atoms with Crippen LogP contribution in [-0.2, 0) is 9.59 Å². The second-order valence-electron chi connectivity index (χ2n) is 5.82. The number of thiocarbonyl (C=S) groups is 1. The number of benzene rings is 2. The number of nitrogens with one attached hydrogen (secondary N) is 3. The van der Waals surface area contributed by atoms with Crippen molar-refractivity contribution in [1.82, 2.24) is 5.32 Å². The standard InChI is InChI=1S/C20H19Cl2N3O2S/c1-2-4-18(26)23-15-5-3-6-16(12-15)24-20(28)25-19(27)10-8-13-7-9-14(21)11-17(13)22/h3,5-12H,2,4H2,1H3,(H,23,26)(H2,24,25,27,28)/b10-8+. The van der Waals surface area contributed by atoms with Gasteiger partial charge in [-0.1, -0.05) is 42.3 Å². The molecule has 3 N–H and O–H groups in total. The van der Waals surface area contributed by atoms with Crippen LogP contribution in [0, 0.1) is 0 Å². The molecule has 146 valence electrons. The van der Waals surface area contributed by atoms with Gasteiger partial charge in [-0.25, -0.2) is 0 Å². The third-order valence-corrected chi connectivity index (χ3v) is 4.26. The Bertz CT molecular complexity index is 916. The molecule has 28 heavy (non-hydrogen) atoms. The fraction of sp³-hybridized carbons (Fsp3) is 0.150. The summed E-state index contributed by atoms with van der Waals surface area (Å²) >= 11 is 17.1. The molecule has 0 heterocycles. The smallest absolute Gasteiger partial charge is 0.250 e. The van der Waals surface area contributed by atoms with Crippen molar-refractivity contribution < 1.29 is 9.59 Å². The number of carbonyl (C=O) groups is 2. The van der Waals surface area contributed by atoms with E-state index >= 15 is 0 Å². The maximum atomic E-state index is 12.0. The first-order valence-corrected chi connectivity index (χ1v) is 9.69. The maximum Gasteiger partial charge on any atom is 0.250 e. The van der Waals surface area contributed by atoms with E-state index in [1.807, 2.05) is 6.92 Å². The summed E-state index contributed by atoms with van der Waals surface area (Å²) < 4.78 is 0. The highest BCUT2D eigenvalue weighted by atomic mass is 35.5. The summed E-state index contributed by atoms with van der Waals surface area (Å²) in [4.78, 5) is 23.7.